The van der Waals surface area contributed by atoms with Gasteiger partial charge in [-0.1, -0.05) is 72.8 Å². The maximum absolute atomic E-state index is 10.3. The van der Waals surface area contributed by atoms with E-state index >= 15 is 0 Å². The SMILES string of the molecule is CC(=Cc1ccccc1)C(=O)[O-].CC(=Cc1ccccc1)C(=O)[O-].[Hg+2]. The third-order valence-corrected chi connectivity index (χ3v) is 3.01. The van der Waals surface area contributed by atoms with Gasteiger partial charge >= 0.3 is 27.7 Å². The minimum absolute atomic E-state index is 0. The fourth-order valence-electron chi connectivity index (χ4n) is 1.72. The van der Waals surface area contributed by atoms with E-state index in [1.54, 1.807) is 12.2 Å². The van der Waals surface area contributed by atoms with Crippen molar-refractivity contribution < 1.29 is 47.5 Å². The standard InChI is InChI=1S/2C10H10O2.Hg/c2*1-8(10(11)12)7-9-5-3-2-4-6-9;/h2*2-7H,1H3,(H,11,12);/q;;+2/p-2. The summed E-state index contributed by atoms with van der Waals surface area (Å²) in [6, 6.07) is 18.5. The fourth-order valence-corrected chi connectivity index (χ4v) is 1.72. The van der Waals surface area contributed by atoms with Crippen molar-refractivity contribution in [1.82, 2.24) is 0 Å². The van der Waals surface area contributed by atoms with Gasteiger partial charge in [-0.05, 0) is 36.1 Å². The number of carbonyl (C=O) groups excluding carboxylic acids is 2. The van der Waals surface area contributed by atoms with Crippen LogP contribution in [0.2, 0.25) is 0 Å². The summed E-state index contributed by atoms with van der Waals surface area (Å²) in [6.45, 7) is 3.03. The van der Waals surface area contributed by atoms with E-state index < -0.39 is 11.9 Å². The summed E-state index contributed by atoms with van der Waals surface area (Å²) in [5, 5.41) is 20.6. The molecule has 4 nitrogen and oxygen atoms in total. The van der Waals surface area contributed by atoms with Crippen molar-refractivity contribution in [2.24, 2.45) is 0 Å². The van der Waals surface area contributed by atoms with Crippen LogP contribution in [0.25, 0.3) is 12.2 Å². The van der Waals surface area contributed by atoms with Crippen LogP contribution in [0.15, 0.2) is 71.8 Å². The van der Waals surface area contributed by atoms with Gasteiger partial charge in [0.25, 0.3) is 0 Å². The molecule has 0 aliphatic carbocycles. The van der Waals surface area contributed by atoms with Crippen molar-refractivity contribution in [3.8, 4) is 0 Å². The van der Waals surface area contributed by atoms with Crippen molar-refractivity contribution in [2.45, 2.75) is 13.8 Å². The first-order valence-corrected chi connectivity index (χ1v) is 7.29. The van der Waals surface area contributed by atoms with Crippen LogP contribution >= 0.6 is 0 Å². The van der Waals surface area contributed by atoms with Crippen molar-refractivity contribution >= 4 is 24.1 Å². The predicted octanol–water partition coefficient (Wildman–Crippen LogP) is 1.68. The first-order chi connectivity index (χ1) is 11.4. The van der Waals surface area contributed by atoms with Crippen molar-refractivity contribution in [1.29, 1.82) is 0 Å². The zero-order chi connectivity index (χ0) is 17.9. The molecule has 0 amide bonds. The Bertz CT molecular complexity index is 669. The summed E-state index contributed by atoms with van der Waals surface area (Å²) in [6.07, 6.45) is 3.16. The molecule has 0 saturated heterocycles. The van der Waals surface area contributed by atoms with Crippen molar-refractivity contribution in [2.75, 3.05) is 0 Å². The first kappa shape index (κ1) is 22.8. The van der Waals surface area contributed by atoms with Gasteiger partial charge in [-0.3, -0.25) is 0 Å². The molecule has 2 aromatic rings. The Hall–Kier alpha value is -2.20. The van der Waals surface area contributed by atoms with E-state index in [1.807, 2.05) is 60.7 Å². The number of carboxylic acid groups (broad SMARTS) is 2. The van der Waals surface area contributed by atoms with Crippen LogP contribution in [-0.4, -0.2) is 11.9 Å². The van der Waals surface area contributed by atoms with E-state index in [9.17, 15) is 19.8 Å². The normalized spacial score (nSPS) is 10.8. The summed E-state index contributed by atoms with van der Waals surface area (Å²) in [7, 11) is 0. The number of benzene rings is 2. The average Bonchev–Trinajstić information content (AvgIpc) is 2.57. The Morgan fingerprint density at radius 2 is 0.960 bits per heavy atom. The quantitative estimate of drug-likeness (QED) is 0.452. The Kier molecular flexibility index (Phi) is 11.1. The molecule has 0 unspecified atom stereocenters. The maximum Gasteiger partial charge on any atom is 2.00 e. The number of carboxylic acids is 2. The summed E-state index contributed by atoms with van der Waals surface area (Å²) in [5.41, 5.74) is 2.22. The van der Waals surface area contributed by atoms with Crippen LogP contribution in [0.5, 0.6) is 0 Å². The van der Waals surface area contributed by atoms with Crippen LogP contribution in [0.4, 0.5) is 0 Å². The second-order valence-corrected chi connectivity index (χ2v) is 5.05. The monoisotopic (exact) mass is 524 g/mol. The van der Waals surface area contributed by atoms with E-state index in [0.29, 0.717) is 0 Å². The largest absolute Gasteiger partial charge is 2.00 e. The maximum atomic E-state index is 10.3. The van der Waals surface area contributed by atoms with Gasteiger partial charge in [0.05, 0.1) is 11.9 Å². The average molecular weight is 523 g/mol. The molecule has 0 spiro atoms. The minimum atomic E-state index is -1.13. The molecule has 5 heteroatoms. The molecule has 0 atom stereocenters. The third kappa shape index (κ3) is 9.62. The molecule has 0 saturated carbocycles. The molecule has 0 N–H and O–H groups in total. The number of hydrogen-bond donors (Lipinski definition) is 0. The molecule has 0 aromatic heterocycles. The van der Waals surface area contributed by atoms with Gasteiger partial charge in [0.1, 0.15) is 0 Å². The molecule has 0 heterocycles. The predicted molar refractivity (Wildman–Crippen MR) is 90.2 cm³/mol. The summed E-state index contributed by atoms with van der Waals surface area (Å²) in [4.78, 5) is 20.6. The van der Waals surface area contributed by atoms with E-state index in [2.05, 4.69) is 0 Å². The Morgan fingerprint density at radius 1 is 0.680 bits per heavy atom. The Balaban J connectivity index is 0.000000443. The molecule has 2 rings (SSSR count). The topological polar surface area (TPSA) is 80.3 Å². The van der Waals surface area contributed by atoms with Gasteiger partial charge in [0, 0.05) is 0 Å². The van der Waals surface area contributed by atoms with Gasteiger partial charge in [-0.15, -0.1) is 0 Å². The number of rotatable bonds is 4. The van der Waals surface area contributed by atoms with Gasteiger partial charge < -0.3 is 19.8 Å². The van der Waals surface area contributed by atoms with Crippen LogP contribution in [0, 0.1) is 0 Å². The van der Waals surface area contributed by atoms with Crippen LogP contribution in [-0.2, 0) is 37.3 Å². The van der Waals surface area contributed by atoms with E-state index in [-0.39, 0.29) is 38.8 Å². The summed E-state index contributed by atoms with van der Waals surface area (Å²) >= 11 is 0. The zero-order valence-corrected chi connectivity index (χ0v) is 19.8. The molecule has 0 radical (unpaired) electrons. The zero-order valence-electron chi connectivity index (χ0n) is 14.3. The first-order valence-electron chi connectivity index (χ1n) is 7.29. The number of hydrogen-bond acceptors (Lipinski definition) is 4. The number of aliphatic carboxylic acids is 2. The van der Waals surface area contributed by atoms with Gasteiger partial charge in [0.2, 0.25) is 0 Å². The van der Waals surface area contributed by atoms with E-state index in [0.717, 1.165) is 11.1 Å². The van der Waals surface area contributed by atoms with Gasteiger partial charge in [-0.25, -0.2) is 0 Å². The van der Waals surface area contributed by atoms with Gasteiger partial charge in [0.15, 0.2) is 0 Å². The molecule has 0 bridgehead atoms. The summed E-state index contributed by atoms with van der Waals surface area (Å²) < 4.78 is 0. The van der Waals surface area contributed by atoms with Crippen LogP contribution in [0.3, 0.4) is 0 Å². The second-order valence-electron chi connectivity index (χ2n) is 5.05. The molecule has 0 fully saturated rings. The Morgan fingerprint density at radius 3 is 1.20 bits per heavy atom. The Labute approximate surface area is 168 Å². The van der Waals surface area contributed by atoms with Crippen molar-refractivity contribution in [3.63, 3.8) is 0 Å². The molecule has 124 valence electrons. The van der Waals surface area contributed by atoms with Crippen molar-refractivity contribution in [3.05, 3.63) is 82.9 Å². The smallest absolute Gasteiger partial charge is 0.545 e. The minimum Gasteiger partial charge on any atom is -0.545 e. The van der Waals surface area contributed by atoms with Gasteiger partial charge in [-0.2, -0.15) is 0 Å². The molecular formula is C20H18HgO4. The number of carbonyl (C=O) groups is 2. The third-order valence-electron chi connectivity index (χ3n) is 3.01. The molecule has 2 aromatic carbocycles. The molecule has 0 aliphatic rings. The van der Waals surface area contributed by atoms with E-state index in [1.165, 1.54) is 13.8 Å². The van der Waals surface area contributed by atoms with Crippen LogP contribution < -0.4 is 10.2 Å². The second kappa shape index (κ2) is 12.2. The molecule has 25 heavy (non-hydrogen) atoms. The molecular weight excluding hydrogens is 505 g/mol. The fraction of sp³-hybridized carbons (Fsp3) is 0.100. The molecule has 0 aliphatic heterocycles. The van der Waals surface area contributed by atoms with E-state index in [4.69, 9.17) is 0 Å². The summed E-state index contributed by atoms with van der Waals surface area (Å²) in [5.74, 6) is -2.25. The van der Waals surface area contributed by atoms with Crippen LogP contribution in [0.1, 0.15) is 25.0 Å².